The van der Waals surface area contributed by atoms with Gasteiger partial charge in [-0.15, -0.1) is 0 Å². The van der Waals surface area contributed by atoms with Crippen molar-refractivity contribution in [1.82, 2.24) is 10.2 Å². The molecule has 2 N–H and O–H groups in total. The van der Waals surface area contributed by atoms with E-state index in [1.807, 2.05) is 13.8 Å². The quantitative estimate of drug-likeness (QED) is 0.697. The second-order valence-corrected chi connectivity index (χ2v) is 3.70. The van der Waals surface area contributed by atoms with Crippen LogP contribution in [-0.4, -0.2) is 41.1 Å². The average molecular weight is 200 g/mol. The maximum atomic E-state index is 11.4. The molecule has 1 rings (SSSR count). The highest BCUT2D eigenvalue weighted by molar-refractivity contribution is 5.79. The van der Waals surface area contributed by atoms with Gasteiger partial charge in [-0.1, -0.05) is 6.92 Å². The van der Waals surface area contributed by atoms with Crippen LogP contribution in [0, 0.1) is 5.92 Å². The molecule has 5 nitrogen and oxygen atoms in total. The van der Waals surface area contributed by atoms with Crippen LogP contribution in [-0.2, 0) is 4.79 Å². The van der Waals surface area contributed by atoms with Gasteiger partial charge < -0.3 is 15.3 Å². The van der Waals surface area contributed by atoms with Gasteiger partial charge in [-0.3, -0.25) is 4.79 Å². The lowest BCUT2D eigenvalue weighted by Crippen LogP contribution is -2.57. The Labute approximate surface area is 83.1 Å². The van der Waals surface area contributed by atoms with Crippen LogP contribution < -0.4 is 5.32 Å². The fourth-order valence-electron chi connectivity index (χ4n) is 1.20. The van der Waals surface area contributed by atoms with Crippen LogP contribution in [0.2, 0.25) is 0 Å². The van der Waals surface area contributed by atoms with Crippen molar-refractivity contribution in [3.05, 3.63) is 0 Å². The van der Waals surface area contributed by atoms with Crippen LogP contribution in [0.25, 0.3) is 0 Å². The number of aliphatic carboxylic acids is 1. The molecule has 1 atom stereocenters. The largest absolute Gasteiger partial charge is 0.481 e. The highest BCUT2D eigenvalue weighted by Gasteiger charge is 2.35. The van der Waals surface area contributed by atoms with Gasteiger partial charge in [0.15, 0.2) is 0 Å². The van der Waals surface area contributed by atoms with E-state index in [2.05, 4.69) is 5.32 Å². The summed E-state index contributed by atoms with van der Waals surface area (Å²) in [6.07, 6.45) is 0.877. The third kappa shape index (κ3) is 2.37. The highest BCUT2D eigenvalue weighted by Crippen LogP contribution is 2.15. The Balaban J connectivity index is 2.26. The summed E-state index contributed by atoms with van der Waals surface area (Å²) in [6, 6.07) is -0.0109. The molecule has 1 aliphatic heterocycles. The lowest BCUT2D eigenvalue weighted by Gasteiger charge is -2.37. The van der Waals surface area contributed by atoms with Crippen LogP contribution >= 0.6 is 0 Å². The summed E-state index contributed by atoms with van der Waals surface area (Å²) in [5.74, 6) is -1.20. The van der Waals surface area contributed by atoms with E-state index >= 15 is 0 Å². The Morgan fingerprint density at radius 2 is 2.14 bits per heavy atom. The van der Waals surface area contributed by atoms with Crippen molar-refractivity contribution < 1.29 is 14.7 Å². The second kappa shape index (κ2) is 4.30. The first kappa shape index (κ1) is 10.8. The molecular formula is C9H16N2O3. The number of carbonyl (C=O) groups is 2. The molecule has 14 heavy (non-hydrogen) atoms. The first-order valence-electron chi connectivity index (χ1n) is 4.82. The van der Waals surface area contributed by atoms with E-state index in [9.17, 15) is 9.59 Å². The predicted octanol–water partition coefficient (Wildman–Crippen LogP) is 0.511. The van der Waals surface area contributed by atoms with Gasteiger partial charge in [0, 0.05) is 19.1 Å². The van der Waals surface area contributed by atoms with E-state index in [4.69, 9.17) is 5.11 Å². The third-order valence-electron chi connectivity index (χ3n) is 2.50. The summed E-state index contributed by atoms with van der Waals surface area (Å²) >= 11 is 0. The van der Waals surface area contributed by atoms with Crippen molar-refractivity contribution >= 4 is 12.0 Å². The molecule has 0 aromatic heterocycles. The van der Waals surface area contributed by atoms with Crippen LogP contribution in [0.1, 0.15) is 20.3 Å². The zero-order chi connectivity index (χ0) is 10.7. The van der Waals surface area contributed by atoms with Crippen molar-refractivity contribution in [2.45, 2.75) is 26.3 Å². The molecule has 0 radical (unpaired) electrons. The normalized spacial score (nSPS) is 18.6. The SMILES string of the molecule is CCC(C)NC(=O)N1CC(C(=O)O)C1. The fourth-order valence-corrected chi connectivity index (χ4v) is 1.20. The molecule has 0 aromatic carbocycles. The van der Waals surface area contributed by atoms with Crippen LogP contribution in [0.5, 0.6) is 0 Å². The molecule has 0 spiro atoms. The van der Waals surface area contributed by atoms with E-state index in [1.165, 1.54) is 4.90 Å². The van der Waals surface area contributed by atoms with Crippen molar-refractivity contribution in [2.24, 2.45) is 5.92 Å². The minimum absolute atomic E-state index is 0.145. The molecule has 1 unspecified atom stereocenters. The van der Waals surface area contributed by atoms with Crippen molar-refractivity contribution in [3.63, 3.8) is 0 Å². The number of carboxylic acids is 1. The topological polar surface area (TPSA) is 69.6 Å². The number of nitrogens with one attached hydrogen (secondary N) is 1. The minimum Gasteiger partial charge on any atom is -0.481 e. The molecule has 1 fully saturated rings. The second-order valence-electron chi connectivity index (χ2n) is 3.70. The number of hydrogen-bond acceptors (Lipinski definition) is 2. The summed E-state index contributed by atoms with van der Waals surface area (Å²) in [6.45, 7) is 4.57. The van der Waals surface area contributed by atoms with E-state index in [0.29, 0.717) is 13.1 Å². The van der Waals surface area contributed by atoms with E-state index in [0.717, 1.165) is 6.42 Å². The minimum atomic E-state index is -0.822. The van der Waals surface area contributed by atoms with Gasteiger partial charge >= 0.3 is 12.0 Å². The van der Waals surface area contributed by atoms with E-state index < -0.39 is 5.97 Å². The monoisotopic (exact) mass is 200 g/mol. The Hall–Kier alpha value is -1.26. The molecule has 0 aliphatic carbocycles. The Morgan fingerprint density at radius 1 is 1.57 bits per heavy atom. The number of likely N-dealkylation sites (tertiary alicyclic amines) is 1. The average Bonchev–Trinajstić information content (AvgIpc) is 2.00. The van der Waals surface area contributed by atoms with Crippen LogP contribution in [0.3, 0.4) is 0 Å². The Bertz CT molecular complexity index is 236. The molecule has 0 saturated carbocycles. The molecule has 1 heterocycles. The van der Waals surface area contributed by atoms with E-state index in [-0.39, 0.29) is 18.0 Å². The zero-order valence-corrected chi connectivity index (χ0v) is 8.49. The molecule has 2 amide bonds. The van der Waals surface area contributed by atoms with Gasteiger partial charge in [-0.05, 0) is 13.3 Å². The molecule has 0 aromatic rings. The van der Waals surface area contributed by atoms with Crippen LogP contribution in [0.15, 0.2) is 0 Å². The molecule has 1 aliphatic rings. The molecular weight excluding hydrogens is 184 g/mol. The summed E-state index contributed by atoms with van der Waals surface area (Å²) in [5, 5.41) is 11.4. The standard InChI is InChI=1S/C9H16N2O3/c1-3-6(2)10-9(14)11-4-7(5-11)8(12)13/h6-7H,3-5H2,1-2H3,(H,10,14)(H,12,13). The summed E-state index contributed by atoms with van der Waals surface area (Å²) in [4.78, 5) is 23.4. The van der Waals surface area contributed by atoms with Gasteiger partial charge in [0.25, 0.3) is 0 Å². The molecule has 5 heteroatoms. The summed E-state index contributed by atoms with van der Waals surface area (Å²) in [7, 11) is 0. The lowest BCUT2D eigenvalue weighted by molar-refractivity contribution is -0.146. The van der Waals surface area contributed by atoms with Gasteiger partial charge in [-0.25, -0.2) is 4.79 Å². The first-order chi connectivity index (χ1) is 6.54. The maximum Gasteiger partial charge on any atom is 0.317 e. The van der Waals surface area contributed by atoms with Gasteiger partial charge in [0.05, 0.1) is 5.92 Å². The number of carboxylic acid groups (broad SMARTS) is 1. The maximum absolute atomic E-state index is 11.4. The lowest BCUT2D eigenvalue weighted by atomic mass is 10.0. The number of nitrogens with zero attached hydrogens (tertiary/aromatic N) is 1. The smallest absolute Gasteiger partial charge is 0.317 e. The predicted molar refractivity (Wildman–Crippen MR) is 51.0 cm³/mol. The summed E-state index contributed by atoms with van der Waals surface area (Å²) < 4.78 is 0. The van der Waals surface area contributed by atoms with Crippen molar-refractivity contribution in [2.75, 3.05) is 13.1 Å². The number of amides is 2. The van der Waals surface area contributed by atoms with Crippen LogP contribution in [0.4, 0.5) is 4.79 Å². The molecule has 1 saturated heterocycles. The molecule has 80 valence electrons. The number of urea groups is 1. The van der Waals surface area contributed by atoms with Crippen molar-refractivity contribution in [1.29, 1.82) is 0 Å². The first-order valence-corrected chi connectivity index (χ1v) is 4.82. The Kier molecular flexibility index (Phi) is 3.33. The number of hydrogen-bond donors (Lipinski definition) is 2. The number of carbonyl (C=O) groups excluding carboxylic acids is 1. The van der Waals surface area contributed by atoms with E-state index in [1.54, 1.807) is 0 Å². The van der Waals surface area contributed by atoms with Gasteiger partial charge in [0.2, 0.25) is 0 Å². The molecule has 0 bridgehead atoms. The highest BCUT2D eigenvalue weighted by atomic mass is 16.4. The zero-order valence-electron chi connectivity index (χ0n) is 8.49. The third-order valence-corrected chi connectivity index (χ3v) is 2.50. The Morgan fingerprint density at radius 3 is 2.57 bits per heavy atom. The van der Waals surface area contributed by atoms with Gasteiger partial charge in [-0.2, -0.15) is 0 Å². The summed E-state index contributed by atoms with van der Waals surface area (Å²) in [5.41, 5.74) is 0. The van der Waals surface area contributed by atoms with Crippen molar-refractivity contribution in [3.8, 4) is 0 Å². The van der Waals surface area contributed by atoms with Gasteiger partial charge in [0.1, 0.15) is 0 Å². The number of rotatable bonds is 3. The fraction of sp³-hybridized carbons (Fsp3) is 0.778.